The molecule has 2 rings (SSSR count). The summed E-state index contributed by atoms with van der Waals surface area (Å²) in [6, 6.07) is 2.14. The molecule has 4 nitrogen and oxygen atoms in total. The molecule has 0 fully saturated rings. The smallest absolute Gasteiger partial charge is 0.271 e. The van der Waals surface area contributed by atoms with Crippen LogP contribution in [0.4, 0.5) is 0 Å². The van der Waals surface area contributed by atoms with Crippen LogP contribution in [-0.2, 0) is 13.0 Å². The van der Waals surface area contributed by atoms with Crippen molar-refractivity contribution < 1.29 is 4.79 Å². The highest BCUT2D eigenvalue weighted by atomic mass is 16.2. The zero-order valence-electron chi connectivity index (χ0n) is 9.99. The standard InChI is InChI=1S/C12H19N3O/c1-3-9(2)13-12(16)11-8-10-6-4-5-7-15(10)14-11/h8-9H,3-7H2,1-2H3,(H,13,16)/t9-/m0/s1. The number of fused-ring (bicyclic) bond motifs is 1. The third kappa shape index (κ3) is 2.26. The van der Waals surface area contributed by atoms with E-state index in [1.54, 1.807) is 0 Å². The summed E-state index contributed by atoms with van der Waals surface area (Å²) >= 11 is 0. The van der Waals surface area contributed by atoms with Crippen molar-refractivity contribution >= 4 is 5.91 Å². The Bertz CT molecular complexity index is 360. The number of carbonyl (C=O) groups excluding carboxylic acids is 1. The topological polar surface area (TPSA) is 46.9 Å². The van der Waals surface area contributed by atoms with Gasteiger partial charge in [0, 0.05) is 18.3 Å². The van der Waals surface area contributed by atoms with Crippen LogP contribution in [0.2, 0.25) is 0 Å². The second kappa shape index (κ2) is 4.68. The van der Waals surface area contributed by atoms with Gasteiger partial charge in [-0.25, -0.2) is 0 Å². The van der Waals surface area contributed by atoms with Gasteiger partial charge in [0.25, 0.3) is 5.91 Å². The highest BCUT2D eigenvalue weighted by Crippen LogP contribution is 2.15. The average molecular weight is 221 g/mol. The lowest BCUT2D eigenvalue weighted by molar-refractivity contribution is 0.0933. The average Bonchev–Trinajstić information content (AvgIpc) is 2.72. The molecule has 1 aliphatic rings. The van der Waals surface area contributed by atoms with Crippen LogP contribution in [0.1, 0.15) is 49.3 Å². The van der Waals surface area contributed by atoms with Crippen LogP contribution in [0.5, 0.6) is 0 Å². The molecule has 1 N–H and O–H groups in total. The van der Waals surface area contributed by atoms with Gasteiger partial charge < -0.3 is 5.32 Å². The first-order valence-electron chi connectivity index (χ1n) is 6.08. The van der Waals surface area contributed by atoms with Crippen molar-refractivity contribution in [2.75, 3.05) is 0 Å². The van der Waals surface area contributed by atoms with Gasteiger partial charge in [-0.1, -0.05) is 6.92 Å². The van der Waals surface area contributed by atoms with E-state index >= 15 is 0 Å². The van der Waals surface area contributed by atoms with Crippen LogP contribution in [0.3, 0.4) is 0 Å². The Kier molecular flexibility index (Phi) is 3.27. The molecule has 1 aromatic rings. The van der Waals surface area contributed by atoms with E-state index in [0.717, 1.165) is 19.4 Å². The van der Waals surface area contributed by atoms with E-state index in [9.17, 15) is 4.79 Å². The molecule has 1 atom stereocenters. The number of hydrogen-bond acceptors (Lipinski definition) is 2. The third-order valence-corrected chi connectivity index (χ3v) is 3.14. The fourth-order valence-corrected chi connectivity index (χ4v) is 1.93. The maximum Gasteiger partial charge on any atom is 0.271 e. The molecule has 0 unspecified atom stereocenters. The third-order valence-electron chi connectivity index (χ3n) is 3.14. The predicted molar refractivity (Wildman–Crippen MR) is 62.4 cm³/mol. The van der Waals surface area contributed by atoms with Gasteiger partial charge in [-0.3, -0.25) is 9.48 Å². The zero-order valence-corrected chi connectivity index (χ0v) is 9.99. The monoisotopic (exact) mass is 221 g/mol. The fraction of sp³-hybridized carbons (Fsp3) is 0.667. The first-order chi connectivity index (χ1) is 7.70. The summed E-state index contributed by atoms with van der Waals surface area (Å²) in [6.07, 6.45) is 4.36. The van der Waals surface area contributed by atoms with E-state index in [1.165, 1.54) is 18.5 Å². The molecule has 0 saturated carbocycles. The van der Waals surface area contributed by atoms with Crippen molar-refractivity contribution in [1.82, 2.24) is 15.1 Å². The Morgan fingerprint density at radius 2 is 2.44 bits per heavy atom. The van der Waals surface area contributed by atoms with Gasteiger partial charge in [0.15, 0.2) is 0 Å². The van der Waals surface area contributed by atoms with E-state index in [0.29, 0.717) is 5.69 Å². The van der Waals surface area contributed by atoms with E-state index in [1.807, 2.05) is 17.7 Å². The zero-order chi connectivity index (χ0) is 11.5. The summed E-state index contributed by atoms with van der Waals surface area (Å²) in [4.78, 5) is 11.8. The number of carbonyl (C=O) groups is 1. The summed E-state index contributed by atoms with van der Waals surface area (Å²) in [5.41, 5.74) is 1.76. The van der Waals surface area contributed by atoms with Crippen LogP contribution in [0.25, 0.3) is 0 Å². The quantitative estimate of drug-likeness (QED) is 0.845. The summed E-state index contributed by atoms with van der Waals surface area (Å²) in [7, 11) is 0. The molecule has 2 heterocycles. The molecule has 0 bridgehead atoms. The second-order valence-corrected chi connectivity index (χ2v) is 4.48. The van der Waals surface area contributed by atoms with Crippen molar-refractivity contribution in [2.45, 2.75) is 52.1 Å². The number of aromatic nitrogens is 2. The first-order valence-corrected chi connectivity index (χ1v) is 6.08. The van der Waals surface area contributed by atoms with Crippen LogP contribution >= 0.6 is 0 Å². The Morgan fingerprint density at radius 1 is 1.62 bits per heavy atom. The summed E-state index contributed by atoms with van der Waals surface area (Å²) in [6.45, 7) is 5.02. The molecule has 0 aliphatic carbocycles. The van der Waals surface area contributed by atoms with Gasteiger partial charge in [0.2, 0.25) is 0 Å². The lowest BCUT2D eigenvalue weighted by Crippen LogP contribution is -2.32. The number of rotatable bonds is 3. The largest absolute Gasteiger partial charge is 0.348 e. The predicted octanol–water partition coefficient (Wildman–Crippen LogP) is 1.75. The van der Waals surface area contributed by atoms with Crippen molar-refractivity contribution in [3.63, 3.8) is 0 Å². The molecule has 4 heteroatoms. The number of amides is 1. The Labute approximate surface area is 96.0 Å². The summed E-state index contributed by atoms with van der Waals surface area (Å²) in [5.74, 6) is -0.0451. The van der Waals surface area contributed by atoms with Crippen LogP contribution in [0.15, 0.2) is 6.07 Å². The number of aryl methyl sites for hydroxylation is 2. The van der Waals surface area contributed by atoms with Gasteiger partial charge in [0.1, 0.15) is 5.69 Å². The fourth-order valence-electron chi connectivity index (χ4n) is 1.93. The molecule has 88 valence electrons. The Morgan fingerprint density at radius 3 is 3.12 bits per heavy atom. The molecule has 0 saturated heterocycles. The molecule has 1 amide bonds. The molecular weight excluding hydrogens is 202 g/mol. The SMILES string of the molecule is CC[C@H](C)NC(=O)c1cc2n(n1)CCCC2. The highest BCUT2D eigenvalue weighted by Gasteiger charge is 2.17. The molecular formula is C12H19N3O. The minimum absolute atomic E-state index is 0.0451. The van der Waals surface area contributed by atoms with E-state index in [2.05, 4.69) is 17.3 Å². The minimum atomic E-state index is -0.0451. The van der Waals surface area contributed by atoms with E-state index in [4.69, 9.17) is 0 Å². The van der Waals surface area contributed by atoms with Gasteiger partial charge in [0.05, 0.1) is 0 Å². The Hall–Kier alpha value is -1.32. The van der Waals surface area contributed by atoms with Gasteiger partial charge >= 0.3 is 0 Å². The minimum Gasteiger partial charge on any atom is -0.348 e. The molecule has 0 aromatic carbocycles. The molecule has 16 heavy (non-hydrogen) atoms. The van der Waals surface area contributed by atoms with Gasteiger partial charge in [-0.05, 0) is 38.7 Å². The number of nitrogens with zero attached hydrogens (tertiary/aromatic N) is 2. The maximum atomic E-state index is 11.8. The van der Waals surface area contributed by atoms with Crippen LogP contribution < -0.4 is 5.32 Å². The van der Waals surface area contributed by atoms with Crippen LogP contribution in [0, 0.1) is 0 Å². The lowest BCUT2D eigenvalue weighted by Gasteiger charge is -2.11. The molecule has 1 aromatic heterocycles. The summed E-state index contributed by atoms with van der Waals surface area (Å²) in [5, 5.41) is 7.28. The van der Waals surface area contributed by atoms with Crippen molar-refractivity contribution in [2.24, 2.45) is 0 Å². The molecule has 0 spiro atoms. The lowest BCUT2D eigenvalue weighted by atomic mass is 10.1. The van der Waals surface area contributed by atoms with Crippen molar-refractivity contribution in [3.05, 3.63) is 17.5 Å². The maximum absolute atomic E-state index is 11.8. The highest BCUT2D eigenvalue weighted by molar-refractivity contribution is 5.92. The molecule has 1 aliphatic heterocycles. The first kappa shape index (κ1) is 11.2. The van der Waals surface area contributed by atoms with E-state index in [-0.39, 0.29) is 11.9 Å². The van der Waals surface area contributed by atoms with Gasteiger partial charge in [-0.2, -0.15) is 5.10 Å². The number of nitrogens with one attached hydrogen (secondary N) is 1. The Balaban J connectivity index is 2.09. The molecule has 0 radical (unpaired) electrons. The van der Waals surface area contributed by atoms with Gasteiger partial charge in [-0.15, -0.1) is 0 Å². The second-order valence-electron chi connectivity index (χ2n) is 4.48. The van der Waals surface area contributed by atoms with Crippen molar-refractivity contribution in [3.8, 4) is 0 Å². The van der Waals surface area contributed by atoms with E-state index < -0.39 is 0 Å². The summed E-state index contributed by atoms with van der Waals surface area (Å²) < 4.78 is 1.97. The normalized spacial score (nSPS) is 16.6. The van der Waals surface area contributed by atoms with Crippen molar-refractivity contribution in [1.29, 1.82) is 0 Å². The van der Waals surface area contributed by atoms with Crippen LogP contribution in [-0.4, -0.2) is 21.7 Å². The number of hydrogen-bond donors (Lipinski definition) is 1.